The SMILES string of the molecule is CC(=O)OCC1C(CO[Si](C)(C)C(C)(C)C)CCC12OC(C)O2. The fourth-order valence-corrected chi connectivity index (χ4v) is 4.26. The maximum Gasteiger partial charge on any atom is 0.302 e. The van der Waals surface area contributed by atoms with Gasteiger partial charge < -0.3 is 18.6 Å². The summed E-state index contributed by atoms with van der Waals surface area (Å²) in [5, 5.41) is 0.187. The van der Waals surface area contributed by atoms with E-state index in [2.05, 4.69) is 33.9 Å². The molecule has 2 fully saturated rings. The number of carbonyl (C=O) groups excluding carboxylic acids is 1. The van der Waals surface area contributed by atoms with E-state index in [4.69, 9.17) is 18.6 Å². The van der Waals surface area contributed by atoms with Crippen molar-refractivity contribution in [1.82, 2.24) is 0 Å². The third-order valence-corrected chi connectivity index (χ3v) is 10.2. The van der Waals surface area contributed by atoms with Gasteiger partial charge in [-0.25, -0.2) is 0 Å². The average Bonchev–Trinajstić information content (AvgIpc) is 2.71. The second-order valence-corrected chi connectivity index (χ2v) is 13.2. The molecule has 5 nitrogen and oxygen atoms in total. The van der Waals surface area contributed by atoms with Gasteiger partial charge in [0.1, 0.15) is 0 Å². The van der Waals surface area contributed by atoms with Crippen LogP contribution in [0.3, 0.4) is 0 Å². The van der Waals surface area contributed by atoms with Crippen LogP contribution in [-0.4, -0.2) is 39.6 Å². The summed E-state index contributed by atoms with van der Waals surface area (Å²) in [4.78, 5) is 11.2. The molecule has 23 heavy (non-hydrogen) atoms. The molecular formula is C17H32O5Si. The van der Waals surface area contributed by atoms with E-state index in [1.54, 1.807) is 0 Å². The second kappa shape index (κ2) is 6.46. The number of rotatable bonds is 5. The summed E-state index contributed by atoms with van der Waals surface area (Å²) in [6, 6.07) is 0. The summed E-state index contributed by atoms with van der Waals surface area (Å²) in [6.45, 7) is 15.6. The van der Waals surface area contributed by atoms with E-state index < -0.39 is 14.1 Å². The minimum atomic E-state index is -1.79. The highest BCUT2D eigenvalue weighted by Crippen LogP contribution is 2.51. The van der Waals surface area contributed by atoms with Gasteiger partial charge in [-0.15, -0.1) is 0 Å². The van der Waals surface area contributed by atoms with Gasteiger partial charge in [-0.2, -0.15) is 0 Å². The van der Waals surface area contributed by atoms with Crippen LogP contribution in [0.5, 0.6) is 0 Å². The Morgan fingerprint density at radius 2 is 1.87 bits per heavy atom. The average molecular weight is 345 g/mol. The first kappa shape index (κ1) is 18.9. The standard InChI is InChI=1S/C17H32O5Si/c1-12(18)19-11-15-14(8-9-17(15)21-13(2)22-17)10-20-23(6,7)16(3,4)5/h13-15H,8-11H2,1-7H3. The highest BCUT2D eigenvalue weighted by atomic mass is 28.4. The summed E-state index contributed by atoms with van der Waals surface area (Å²) in [5.41, 5.74) is 0. The van der Waals surface area contributed by atoms with E-state index in [-0.39, 0.29) is 23.2 Å². The van der Waals surface area contributed by atoms with Crippen LogP contribution in [-0.2, 0) is 23.4 Å². The Morgan fingerprint density at radius 3 is 2.35 bits per heavy atom. The molecule has 0 aromatic heterocycles. The van der Waals surface area contributed by atoms with Gasteiger partial charge in [-0.3, -0.25) is 4.79 Å². The molecule has 0 amide bonds. The molecule has 2 unspecified atom stereocenters. The second-order valence-electron chi connectivity index (χ2n) is 8.39. The largest absolute Gasteiger partial charge is 0.465 e. The third kappa shape index (κ3) is 3.98. The fraction of sp³-hybridized carbons (Fsp3) is 0.941. The predicted octanol–water partition coefficient (Wildman–Crippen LogP) is 3.69. The van der Waals surface area contributed by atoms with Crippen LogP contribution in [0.25, 0.3) is 0 Å². The van der Waals surface area contributed by atoms with Gasteiger partial charge in [-0.1, -0.05) is 20.8 Å². The Balaban J connectivity index is 2.01. The minimum absolute atomic E-state index is 0.0485. The van der Waals surface area contributed by atoms with Gasteiger partial charge in [0.15, 0.2) is 20.4 Å². The molecule has 0 aromatic rings. The van der Waals surface area contributed by atoms with Crippen LogP contribution in [0, 0.1) is 11.8 Å². The van der Waals surface area contributed by atoms with Gasteiger partial charge in [0.2, 0.25) is 0 Å². The van der Waals surface area contributed by atoms with Crippen molar-refractivity contribution < 1.29 is 23.4 Å². The first-order chi connectivity index (χ1) is 10.5. The number of hydrogen-bond donors (Lipinski definition) is 0. The van der Waals surface area contributed by atoms with E-state index in [0.29, 0.717) is 19.1 Å². The molecule has 6 heteroatoms. The molecule has 0 radical (unpaired) electrons. The smallest absolute Gasteiger partial charge is 0.302 e. The molecule has 2 atom stereocenters. The molecule has 134 valence electrons. The zero-order chi connectivity index (χ0) is 17.5. The molecule has 2 aliphatic rings. The van der Waals surface area contributed by atoms with E-state index in [1.165, 1.54) is 6.92 Å². The highest BCUT2D eigenvalue weighted by Gasteiger charge is 2.58. The Morgan fingerprint density at radius 1 is 1.26 bits per heavy atom. The normalized spacial score (nSPS) is 34.5. The zero-order valence-corrected chi connectivity index (χ0v) is 16.6. The van der Waals surface area contributed by atoms with Crippen molar-refractivity contribution >= 4 is 14.3 Å². The van der Waals surface area contributed by atoms with Gasteiger partial charge in [-0.05, 0) is 37.4 Å². The van der Waals surface area contributed by atoms with Crippen molar-refractivity contribution in [3.8, 4) is 0 Å². The number of carbonyl (C=O) groups is 1. The van der Waals surface area contributed by atoms with Crippen molar-refractivity contribution in [1.29, 1.82) is 0 Å². The predicted molar refractivity (Wildman–Crippen MR) is 90.4 cm³/mol. The highest BCUT2D eigenvalue weighted by molar-refractivity contribution is 6.74. The lowest BCUT2D eigenvalue weighted by atomic mass is 9.93. The Hall–Kier alpha value is -0.433. The fourth-order valence-electron chi connectivity index (χ4n) is 3.20. The molecule has 1 saturated heterocycles. The van der Waals surface area contributed by atoms with Crippen molar-refractivity contribution in [2.24, 2.45) is 11.8 Å². The third-order valence-electron chi connectivity index (χ3n) is 5.66. The van der Waals surface area contributed by atoms with E-state index >= 15 is 0 Å². The Labute approximate surface area is 141 Å². The van der Waals surface area contributed by atoms with Gasteiger partial charge in [0.05, 0.1) is 12.5 Å². The van der Waals surface area contributed by atoms with Crippen LogP contribution >= 0.6 is 0 Å². The van der Waals surface area contributed by atoms with Gasteiger partial charge in [0.25, 0.3) is 0 Å². The number of hydrogen-bond acceptors (Lipinski definition) is 5. The summed E-state index contributed by atoms with van der Waals surface area (Å²) >= 11 is 0. The molecule has 2 rings (SSSR count). The quantitative estimate of drug-likeness (QED) is 0.562. The summed E-state index contributed by atoms with van der Waals surface area (Å²) in [6.07, 6.45) is 1.65. The first-order valence-electron chi connectivity index (χ1n) is 8.60. The van der Waals surface area contributed by atoms with Gasteiger partial charge >= 0.3 is 5.97 Å². The van der Waals surface area contributed by atoms with Crippen LogP contribution in [0.1, 0.15) is 47.5 Å². The van der Waals surface area contributed by atoms with E-state index in [9.17, 15) is 4.79 Å². The van der Waals surface area contributed by atoms with Crippen LogP contribution < -0.4 is 0 Å². The maximum atomic E-state index is 11.2. The molecule has 0 bridgehead atoms. The van der Waals surface area contributed by atoms with Crippen LogP contribution in [0.15, 0.2) is 0 Å². The topological polar surface area (TPSA) is 54.0 Å². The van der Waals surface area contributed by atoms with Crippen molar-refractivity contribution in [3.63, 3.8) is 0 Å². The lowest BCUT2D eigenvalue weighted by Crippen LogP contribution is -2.57. The van der Waals surface area contributed by atoms with Crippen molar-refractivity contribution in [2.45, 2.75) is 77.7 Å². The minimum Gasteiger partial charge on any atom is -0.465 e. The van der Waals surface area contributed by atoms with Crippen molar-refractivity contribution in [2.75, 3.05) is 13.2 Å². The molecule has 0 aromatic carbocycles. The Bertz CT molecular complexity index is 437. The molecule has 1 aliphatic carbocycles. The lowest BCUT2D eigenvalue weighted by molar-refractivity contribution is -0.460. The number of ether oxygens (including phenoxy) is 3. The first-order valence-corrected chi connectivity index (χ1v) is 11.5. The molecule has 1 heterocycles. The Kier molecular flexibility index (Phi) is 5.31. The van der Waals surface area contributed by atoms with Crippen molar-refractivity contribution in [3.05, 3.63) is 0 Å². The summed E-state index contributed by atoms with van der Waals surface area (Å²) < 4.78 is 23.5. The molecule has 1 saturated carbocycles. The molecular weight excluding hydrogens is 312 g/mol. The van der Waals surface area contributed by atoms with E-state index in [1.807, 2.05) is 6.92 Å². The van der Waals surface area contributed by atoms with Crippen LogP contribution in [0.4, 0.5) is 0 Å². The van der Waals surface area contributed by atoms with E-state index in [0.717, 1.165) is 12.8 Å². The lowest BCUT2D eigenvalue weighted by Gasteiger charge is -2.48. The summed E-state index contributed by atoms with van der Waals surface area (Å²) in [7, 11) is -1.79. The monoisotopic (exact) mass is 344 g/mol. The summed E-state index contributed by atoms with van der Waals surface area (Å²) in [5.74, 6) is -0.483. The maximum absolute atomic E-state index is 11.2. The number of esters is 1. The zero-order valence-electron chi connectivity index (χ0n) is 15.6. The van der Waals surface area contributed by atoms with Gasteiger partial charge in [0, 0.05) is 20.0 Å². The molecule has 1 spiro atoms. The van der Waals surface area contributed by atoms with Crippen LogP contribution in [0.2, 0.25) is 18.1 Å². The molecule has 0 N–H and O–H groups in total. The molecule has 1 aliphatic heterocycles.